The number of ether oxygens (including phenoxy) is 2. The van der Waals surface area contributed by atoms with Crippen molar-refractivity contribution < 1.29 is 19.1 Å². The van der Waals surface area contributed by atoms with Crippen LogP contribution in [0.4, 0.5) is 0 Å². The van der Waals surface area contributed by atoms with Gasteiger partial charge in [0.15, 0.2) is 0 Å². The van der Waals surface area contributed by atoms with Gasteiger partial charge >= 0.3 is 0 Å². The SMILES string of the molecule is CCNC(=O)Cc1c(C)nc(C2CCN(C(=O)c3ccc(OC)cc3OC)C2)nc1C. The molecule has 2 amide bonds. The minimum Gasteiger partial charge on any atom is -0.497 e. The van der Waals surface area contributed by atoms with E-state index < -0.39 is 0 Å². The predicted molar refractivity (Wildman–Crippen MR) is 117 cm³/mol. The Labute approximate surface area is 183 Å². The maximum atomic E-state index is 13.1. The lowest BCUT2D eigenvalue weighted by Crippen LogP contribution is -2.29. The summed E-state index contributed by atoms with van der Waals surface area (Å²) in [7, 11) is 3.12. The molecule has 1 aliphatic heterocycles. The third-order valence-corrected chi connectivity index (χ3v) is 5.63. The molecule has 1 fully saturated rings. The van der Waals surface area contributed by atoms with Crippen LogP contribution in [0.15, 0.2) is 18.2 Å². The van der Waals surface area contributed by atoms with E-state index in [4.69, 9.17) is 9.47 Å². The highest BCUT2D eigenvalue weighted by atomic mass is 16.5. The molecule has 0 spiro atoms. The number of hydrogen-bond donors (Lipinski definition) is 1. The molecule has 0 bridgehead atoms. The van der Waals surface area contributed by atoms with Gasteiger partial charge in [-0.05, 0) is 39.3 Å². The van der Waals surface area contributed by atoms with Crippen molar-refractivity contribution in [3.05, 3.63) is 46.5 Å². The first-order valence-corrected chi connectivity index (χ1v) is 10.5. The normalized spacial score (nSPS) is 15.6. The Balaban J connectivity index is 1.75. The molecule has 1 aromatic carbocycles. The van der Waals surface area contributed by atoms with Gasteiger partial charge in [0.25, 0.3) is 5.91 Å². The number of carbonyl (C=O) groups is 2. The van der Waals surface area contributed by atoms with Crippen LogP contribution in [0.1, 0.15) is 52.4 Å². The minimum absolute atomic E-state index is 0.0314. The molecule has 31 heavy (non-hydrogen) atoms. The first-order valence-electron chi connectivity index (χ1n) is 10.5. The number of hydrogen-bond acceptors (Lipinski definition) is 6. The average molecular weight is 427 g/mol. The molecule has 8 nitrogen and oxygen atoms in total. The molecule has 166 valence electrons. The topological polar surface area (TPSA) is 93.7 Å². The number of aromatic nitrogens is 2. The Bertz CT molecular complexity index is 953. The molecule has 1 saturated heterocycles. The Morgan fingerprint density at radius 2 is 1.87 bits per heavy atom. The van der Waals surface area contributed by atoms with Crippen LogP contribution in [0.25, 0.3) is 0 Å². The van der Waals surface area contributed by atoms with Gasteiger partial charge in [-0.15, -0.1) is 0 Å². The third kappa shape index (κ3) is 4.95. The van der Waals surface area contributed by atoms with Crippen molar-refractivity contribution in [3.8, 4) is 11.5 Å². The molecule has 1 N–H and O–H groups in total. The monoisotopic (exact) mass is 426 g/mol. The smallest absolute Gasteiger partial charge is 0.257 e. The fourth-order valence-corrected chi connectivity index (χ4v) is 3.93. The fraction of sp³-hybridized carbons (Fsp3) is 0.478. The number of aryl methyl sites for hydroxylation is 2. The van der Waals surface area contributed by atoms with Crippen LogP contribution in [0.2, 0.25) is 0 Å². The van der Waals surface area contributed by atoms with E-state index in [0.717, 1.165) is 29.2 Å². The van der Waals surface area contributed by atoms with E-state index in [0.29, 0.717) is 36.7 Å². The largest absolute Gasteiger partial charge is 0.497 e. The second-order valence-electron chi connectivity index (χ2n) is 7.66. The van der Waals surface area contributed by atoms with Gasteiger partial charge < -0.3 is 19.7 Å². The third-order valence-electron chi connectivity index (χ3n) is 5.63. The summed E-state index contributed by atoms with van der Waals surface area (Å²) in [6.07, 6.45) is 1.07. The summed E-state index contributed by atoms with van der Waals surface area (Å²) >= 11 is 0. The number of benzene rings is 1. The zero-order chi connectivity index (χ0) is 22.5. The summed E-state index contributed by atoms with van der Waals surface area (Å²) < 4.78 is 10.6. The maximum absolute atomic E-state index is 13.1. The van der Waals surface area contributed by atoms with Crippen molar-refractivity contribution in [3.63, 3.8) is 0 Å². The van der Waals surface area contributed by atoms with Gasteiger partial charge in [0.2, 0.25) is 5.91 Å². The predicted octanol–water partition coefficient (Wildman–Crippen LogP) is 2.42. The zero-order valence-corrected chi connectivity index (χ0v) is 18.8. The van der Waals surface area contributed by atoms with Gasteiger partial charge in [-0.2, -0.15) is 0 Å². The van der Waals surface area contributed by atoms with Gasteiger partial charge in [-0.25, -0.2) is 9.97 Å². The molecule has 8 heteroatoms. The molecule has 1 aliphatic rings. The van der Waals surface area contributed by atoms with Crippen LogP contribution in [0.3, 0.4) is 0 Å². The number of carbonyl (C=O) groups excluding carboxylic acids is 2. The number of rotatable bonds is 7. The second kappa shape index (κ2) is 9.76. The standard InChI is InChI=1S/C23H30N4O4/c1-6-24-21(28)12-19-14(2)25-22(26-15(19)3)16-9-10-27(13-16)23(29)18-8-7-17(30-4)11-20(18)31-5/h7-8,11,16H,6,9-10,12-13H2,1-5H3,(H,24,28). The van der Waals surface area contributed by atoms with E-state index in [1.54, 1.807) is 32.4 Å². The van der Waals surface area contributed by atoms with Crippen LogP contribution in [0.5, 0.6) is 11.5 Å². The Morgan fingerprint density at radius 1 is 1.16 bits per heavy atom. The van der Waals surface area contributed by atoms with Crippen LogP contribution < -0.4 is 14.8 Å². The van der Waals surface area contributed by atoms with E-state index in [2.05, 4.69) is 15.3 Å². The number of likely N-dealkylation sites (N-methyl/N-ethyl adjacent to an activating group) is 1. The Morgan fingerprint density at radius 3 is 2.48 bits per heavy atom. The average Bonchev–Trinajstić information content (AvgIpc) is 3.25. The molecule has 3 rings (SSSR count). The summed E-state index contributed by atoms with van der Waals surface area (Å²) in [4.78, 5) is 36.2. The van der Waals surface area contributed by atoms with Crippen molar-refractivity contribution in [2.45, 2.75) is 39.5 Å². The Hall–Kier alpha value is -3.16. The van der Waals surface area contributed by atoms with E-state index >= 15 is 0 Å². The highest BCUT2D eigenvalue weighted by Crippen LogP contribution is 2.30. The highest BCUT2D eigenvalue weighted by molar-refractivity contribution is 5.97. The minimum atomic E-state index is -0.0803. The van der Waals surface area contributed by atoms with Gasteiger partial charge in [0, 0.05) is 48.6 Å². The van der Waals surface area contributed by atoms with E-state index in [1.165, 1.54) is 0 Å². The van der Waals surface area contributed by atoms with Crippen LogP contribution in [0, 0.1) is 13.8 Å². The lowest BCUT2D eigenvalue weighted by atomic mass is 10.0. The van der Waals surface area contributed by atoms with Crippen molar-refractivity contribution in [2.75, 3.05) is 33.9 Å². The lowest BCUT2D eigenvalue weighted by Gasteiger charge is -2.19. The molecule has 0 saturated carbocycles. The summed E-state index contributed by atoms with van der Waals surface area (Å²) in [5, 5.41) is 2.81. The Kier molecular flexibility index (Phi) is 7.09. The molecule has 1 aromatic heterocycles. The number of nitrogens with one attached hydrogen (secondary N) is 1. The summed E-state index contributed by atoms with van der Waals surface area (Å²) in [5.41, 5.74) is 3.00. The first kappa shape index (κ1) is 22.5. The first-order chi connectivity index (χ1) is 14.9. The molecule has 2 aromatic rings. The molecular formula is C23H30N4O4. The van der Waals surface area contributed by atoms with E-state index in [9.17, 15) is 9.59 Å². The van der Waals surface area contributed by atoms with Crippen LogP contribution in [-0.4, -0.2) is 60.5 Å². The van der Waals surface area contributed by atoms with Crippen molar-refractivity contribution in [1.82, 2.24) is 20.2 Å². The fourth-order valence-electron chi connectivity index (χ4n) is 3.93. The molecule has 2 heterocycles. The number of methoxy groups -OCH3 is 2. The summed E-state index contributed by atoms with van der Waals surface area (Å²) in [6, 6.07) is 5.20. The van der Waals surface area contributed by atoms with Gasteiger partial charge in [-0.3, -0.25) is 9.59 Å². The van der Waals surface area contributed by atoms with Crippen molar-refractivity contribution in [2.24, 2.45) is 0 Å². The van der Waals surface area contributed by atoms with Gasteiger partial charge in [-0.1, -0.05) is 0 Å². The molecular weight excluding hydrogens is 396 g/mol. The lowest BCUT2D eigenvalue weighted by molar-refractivity contribution is -0.120. The summed E-state index contributed by atoms with van der Waals surface area (Å²) in [5.74, 6) is 1.81. The van der Waals surface area contributed by atoms with E-state index in [-0.39, 0.29) is 24.2 Å². The van der Waals surface area contributed by atoms with Crippen LogP contribution in [-0.2, 0) is 11.2 Å². The summed E-state index contributed by atoms with van der Waals surface area (Å²) in [6.45, 7) is 7.48. The highest BCUT2D eigenvalue weighted by Gasteiger charge is 2.31. The van der Waals surface area contributed by atoms with Crippen molar-refractivity contribution in [1.29, 1.82) is 0 Å². The second-order valence-corrected chi connectivity index (χ2v) is 7.66. The molecule has 0 radical (unpaired) electrons. The molecule has 1 unspecified atom stereocenters. The maximum Gasteiger partial charge on any atom is 0.257 e. The number of nitrogens with zero attached hydrogens (tertiary/aromatic N) is 3. The van der Waals surface area contributed by atoms with Gasteiger partial charge in [0.05, 0.1) is 26.2 Å². The molecule has 0 aliphatic carbocycles. The van der Waals surface area contributed by atoms with Gasteiger partial charge in [0.1, 0.15) is 17.3 Å². The van der Waals surface area contributed by atoms with Crippen LogP contribution >= 0.6 is 0 Å². The van der Waals surface area contributed by atoms with E-state index in [1.807, 2.05) is 25.7 Å². The zero-order valence-electron chi connectivity index (χ0n) is 18.8. The number of amides is 2. The number of likely N-dealkylation sites (tertiary alicyclic amines) is 1. The van der Waals surface area contributed by atoms with Crippen molar-refractivity contribution >= 4 is 11.8 Å². The molecule has 1 atom stereocenters. The quantitative estimate of drug-likeness (QED) is 0.731.